The number of hydrogen-bond acceptors (Lipinski definition) is 3. The number of hydrogen-bond donors (Lipinski definition) is 1. The SMILES string of the molecule is CC(=O)OC1(C)CCCCC1O. The Morgan fingerprint density at radius 1 is 1.58 bits per heavy atom. The van der Waals surface area contributed by atoms with Crippen molar-refractivity contribution in [3.8, 4) is 0 Å². The number of ether oxygens (including phenoxy) is 1. The summed E-state index contributed by atoms with van der Waals surface area (Å²) in [5, 5.41) is 9.60. The molecule has 3 nitrogen and oxygen atoms in total. The Bertz CT molecular complexity index is 179. The Labute approximate surface area is 72.7 Å². The van der Waals surface area contributed by atoms with Gasteiger partial charge in [-0.2, -0.15) is 0 Å². The maximum atomic E-state index is 10.7. The molecule has 0 spiro atoms. The molecule has 1 aliphatic rings. The molecule has 1 rings (SSSR count). The molecular formula is C9H16O3. The zero-order valence-electron chi connectivity index (χ0n) is 7.67. The summed E-state index contributed by atoms with van der Waals surface area (Å²) in [6.45, 7) is 3.19. The Balaban J connectivity index is 2.59. The van der Waals surface area contributed by atoms with Crippen LogP contribution in [-0.2, 0) is 9.53 Å². The topological polar surface area (TPSA) is 46.5 Å². The van der Waals surface area contributed by atoms with E-state index in [1.807, 2.05) is 0 Å². The van der Waals surface area contributed by atoms with Crippen LogP contribution in [0.15, 0.2) is 0 Å². The molecule has 70 valence electrons. The zero-order valence-corrected chi connectivity index (χ0v) is 7.67. The Hall–Kier alpha value is -0.570. The van der Waals surface area contributed by atoms with E-state index in [9.17, 15) is 9.90 Å². The molecule has 1 fully saturated rings. The monoisotopic (exact) mass is 172 g/mol. The van der Waals surface area contributed by atoms with Crippen molar-refractivity contribution < 1.29 is 14.6 Å². The molecule has 0 radical (unpaired) electrons. The van der Waals surface area contributed by atoms with Gasteiger partial charge in [0, 0.05) is 6.92 Å². The van der Waals surface area contributed by atoms with Crippen LogP contribution in [0.2, 0.25) is 0 Å². The molecule has 0 bridgehead atoms. The highest BCUT2D eigenvalue weighted by Gasteiger charge is 2.38. The van der Waals surface area contributed by atoms with E-state index in [1.165, 1.54) is 6.92 Å². The van der Waals surface area contributed by atoms with E-state index in [-0.39, 0.29) is 5.97 Å². The number of aliphatic hydroxyl groups excluding tert-OH is 1. The predicted octanol–water partition coefficient (Wildman–Crippen LogP) is 1.24. The second-order valence-corrected chi connectivity index (χ2v) is 3.67. The molecule has 0 aromatic carbocycles. The zero-order chi connectivity index (χ0) is 9.19. The van der Waals surface area contributed by atoms with Crippen molar-refractivity contribution in [2.24, 2.45) is 0 Å². The van der Waals surface area contributed by atoms with Gasteiger partial charge in [-0.1, -0.05) is 6.42 Å². The van der Waals surface area contributed by atoms with Crippen LogP contribution in [0.25, 0.3) is 0 Å². The second kappa shape index (κ2) is 3.44. The summed E-state index contributed by atoms with van der Waals surface area (Å²) in [6.07, 6.45) is 3.08. The van der Waals surface area contributed by atoms with Crippen molar-refractivity contribution >= 4 is 5.97 Å². The van der Waals surface area contributed by atoms with E-state index in [1.54, 1.807) is 6.92 Å². The summed E-state index contributed by atoms with van der Waals surface area (Å²) < 4.78 is 5.10. The summed E-state index contributed by atoms with van der Waals surface area (Å²) in [6, 6.07) is 0. The van der Waals surface area contributed by atoms with Gasteiger partial charge in [0.25, 0.3) is 0 Å². The molecule has 1 saturated carbocycles. The summed E-state index contributed by atoms with van der Waals surface area (Å²) in [4.78, 5) is 10.7. The van der Waals surface area contributed by atoms with E-state index in [0.29, 0.717) is 0 Å². The van der Waals surface area contributed by atoms with Crippen LogP contribution in [-0.4, -0.2) is 22.8 Å². The van der Waals surface area contributed by atoms with Crippen LogP contribution in [0, 0.1) is 0 Å². The highest BCUT2D eigenvalue weighted by molar-refractivity contribution is 5.66. The summed E-state index contributed by atoms with van der Waals surface area (Å²) >= 11 is 0. The largest absolute Gasteiger partial charge is 0.457 e. The molecule has 2 unspecified atom stereocenters. The molecule has 0 aromatic heterocycles. The van der Waals surface area contributed by atoms with Gasteiger partial charge in [-0.3, -0.25) is 4.79 Å². The Morgan fingerprint density at radius 3 is 2.75 bits per heavy atom. The van der Waals surface area contributed by atoms with Gasteiger partial charge in [0.05, 0.1) is 6.10 Å². The lowest BCUT2D eigenvalue weighted by molar-refractivity contribution is -0.173. The van der Waals surface area contributed by atoms with Gasteiger partial charge in [0.15, 0.2) is 0 Å². The van der Waals surface area contributed by atoms with Gasteiger partial charge < -0.3 is 9.84 Å². The molecule has 2 atom stereocenters. The first-order chi connectivity index (χ1) is 5.54. The van der Waals surface area contributed by atoms with Gasteiger partial charge in [-0.25, -0.2) is 0 Å². The molecule has 0 heterocycles. The van der Waals surface area contributed by atoms with Crippen molar-refractivity contribution in [3.05, 3.63) is 0 Å². The molecular weight excluding hydrogens is 156 g/mol. The number of rotatable bonds is 1. The summed E-state index contributed by atoms with van der Waals surface area (Å²) in [5.41, 5.74) is -0.635. The summed E-state index contributed by atoms with van der Waals surface area (Å²) in [7, 11) is 0. The molecule has 0 amide bonds. The third kappa shape index (κ3) is 1.97. The third-order valence-electron chi connectivity index (χ3n) is 2.48. The fraction of sp³-hybridized carbons (Fsp3) is 0.889. The predicted molar refractivity (Wildman–Crippen MR) is 44.6 cm³/mol. The molecule has 0 aromatic rings. The van der Waals surface area contributed by atoms with Crippen LogP contribution in [0.3, 0.4) is 0 Å². The van der Waals surface area contributed by atoms with Gasteiger partial charge in [-0.05, 0) is 26.2 Å². The Kier molecular flexibility index (Phi) is 2.73. The van der Waals surface area contributed by atoms with Crippen molar-refractivity contribution in [1.29, 1.82) is 0 Å². The number of carbonyl (C=O) groups excluding carboxylic acids is 1. The van der Waals surface area contributed by atoms with Gasteiger partial charge in [-0.15, -0.1) is 0 Å². The van der Waals surface area contributed by atoms with Gasteiger partial charge in [0.2, 0.25) is 0 Å². The highest BCUT2D eigenvalue weighted by atomic mass is 16.6. The van der Waals surface area contributed by atoms with Crippen molar-refractivity contribution in [3.63, 3.8) is 0 Å². The van der Waals surface area contributed by atoms with Gasteiger partial charge in [0.1, 0.15) is 5.60 Å². The first-order valence-corrected chi connectivity index (χ1v) is 4.42. The van der Waals surface area contributed by atoms with Crippen LogP contribution in [0.1, 0.15) is 39.5 Å². The quantitative estimate of drug-likeness (QED) is 0.605. The van der Waals surface area contributed by atoms with Crippen LogP contribution in [0.4, 0.5) is 0 Å². The fourth-order valence-electron chi connectivity index (χ4n) is 1.73. The lowest BCUT2D eigenvalue weighted by Crippen LogP contribution is -2.45. The second-order valence-electron chi connectivity index (χ2n) is 3.67. The van der Waals surface area contributed by atoms with E-state index in [2.05, 4.69) is 0 Å². The van der Waals surface area contributed by atoms with Crippen molar-refractivity contribution in [2.45, 2.75) is 51.2 Å². The minimum atomic E-state index is -0.635. The first kappa shape index (κ1) is 9.52. The smallest absolute Gasteiger partial charge is 0.303 e. The average Bonchev–Trinajstić information content (AvgIpc) is 1.94. The maximum Gasteiger partial charge on any atom is 0.303 e. The molecule has 0 saturated heterocycles. The molecule has 1 N–H and O–H groups in total. The van der Waals surface area contributed by atoms with Crippen molar-refractivity contribution in [1.82, 2.24) is 0 Å². The lowest BCUT2D eigenvalue weighted by Gasteiger charge is -2.37. The number of aliphatic hydroxyl groups is 1. The minimum absolute atomic E-state index is 0.307. The minimum Gasteiger partial charge on any atom is -0.457 e. The van der Waals surface area contributed by atoms with Crippen LogP contribution < -0.4 is 0 Å². The van der Waals surface area contributed by atoms with E-state index in [0.717, 1.165) is 25.7 Å². The average molecular weight is 172 g/mol. The normalized spacial score (nSPS) is 36.1. The molecule has 0 aliphatic heterocycles. The third-order valence-corrected chi connectivity index (χ3v) is 2.48. The van der Waals surface area contributed by atoms with E-state index >= 15 is 0 Å². The van der Waals surface area contributed by atoms with Crippen LogP contribution in [0.5, 0.6) is 0 Å². The summed E-state index contributed by atoms with van der Waals surface area (Å²) in [5.74, 6) is -0.307. The standard InChI is InChI=1S/C9H16O3/c1-7(10)12-9(2)6-4-3-5-8(9)11/h8,11H,3-6H2,1-2H3. The van der Waals surface area contributed by atoms with Gasteiger partial charge >= 0.3 is 5.97 Å². The Morgan fingerprint density at radius 2 is 2.25 bits per heavy atom. The lowest BCUT2D eigenvalue weighted by atomic mass is 9.83. The number of carbonyl (C=O) groups is 1. The number of esters is 1. The molecule has 12 heavy (non-hydrogen) atoms. The van der Waals surface area contributed by atoms with E-state index in [4.69, 9.17) is 4.74 Å². The van der Waals surface area contributed by atoms with E-state index < -0.39 is 11.7 Å². The first-order valence-electron chi connectivity index (χ1n) is 4.42. The van der Waals surface area contributed by atoms with Crippen LogP contribution >= 0.6 is 0 Å². The maximum absolute atomic E-state index is 10.7. The molecule has 1 aliphatic carbocycles. The highest BCUT2D eigenvalue weighted by Crippen LogP contribution is 2.31. The fourth-order valence-corrected chi connectivity index (χ4v) is 1.73. The molecule has 3 heteroatoms. The van der Waals surface area contributed by atoms with Crippen molar-refractivity contribution in [2.75, 3.05) is 0 Å².